The minimum atomic E-state index is -0.306. The van der Waals surface area contributed by atoms with Crippen LogP contribution in [0.4, 0.5) is 0 Å². The van der Waals surface area contributed by atoms with Gasteiger partial charge >= 0.3 is 0 Å². The molecule has 0 aliphatic heterocycles. The number of aryl methyl sites for hydroxylation is 1. The van der Waals surface area contributed by atoms with E-state index in [2.05, 4.69) is 26.8 Å². The molecule has 0 aliphatic carbocycles. The zero-order valence-corrected chi connectivity index (χ0v) is 13.0. The Hall–Kier alpha value is -1.18. The molecule has 0 bridgehead atoms. The van der Waals surface area contributed by atoms with Crippen molar-refractivity contribution in [1.82, 2.24) is 10.9 Å². The van der Waals surface area contributed by atoms with Gasteiger partial charge < -0.3 is 0 Å². The zero-order valence-electron chi connectivity index (χ0n) is 9.81. The van der Waals surface area contributed by atoms with E-state index in [9.17, 15) is 9.59 Å². The van der Waals surface area contributed by atoms with Crippen molar-refractivity contribution in [2.24, 2.45) is 0 Å². The lowest BCUT2D eigenvalue weighted by Gasteiger charge is -2.05. The van der Waals surface area contributed by atoms with Crippen LogP contribution >= 0.6 is 38.6 Å². The summed E-state index contributed by atoms with van der Waals surface area (Å²) in [6.45, 7) is 0. The Kier molecular flexibility index (Phi) is 5.12. The van der Waals surface area contributed by atoms with Crippen molar-refractivity contribution < 1.29 is 9.59 Å². The van der Waals surface area contributed by atoms with Gasteiger partial charge in [-0.1, -0.05) is 0 Å². The molecule has 2 heterocycles. The van der Waals surface area contributed by atoms with Gasteiger partial charge in [0.2, 0.25) is 5.91 Å². The molecular formula is C12H11BrN2O2S2. The maximum Gasteiger partial charge on any atom is 0.279 e. The van der Waals surface area contributed by atoms with Crippen LogP contribution in [0, 0.1) is 0 Å². The molecule has 0 atom stereocenters. The van der Waals surface area contributed by atoms with Gasteiger partial charge in [-0.05, 0) is 56.9 Å². The SMILES string of the molecule is O=C(CCc1ccsc1)NNC(=O)c1ccc(Br)s1. The first-order valence-corrected chi connectivity index (χ1v) is 8.06. The lowest BCUT2D eigenvalue weighted by Crippen LogP contribution is -2.41. The van der Waals surface area contributed by atoms with E-state index in [4.69, 9.17) is 0 Å². The second kappa shape index (κ2) is 6.83. The van der Waals surface area contributed by atoms with Crippen LogP contribution in [0.25, 0.3) is 0 Å². The number of halogens is 1. The highest BCUT2D eigenvalue weighted by molar-refractivity contribution is 9.11. The molecule has 19 heavy (non-hydrogen) atoms. The molecular weight excluding hydrogens is 348 g/mol. The smallest absolute Gasteiger partial charge is 0.273 e. The molecule has 100 valence electrons. The van der Waals surface area contributed by atoms with Gasteiger partial charge in [0, 0.05) is 6.42 Å². The second-order valence-corrected chi connectivity index (χ2v) is 6.98. The van der Waals surface area contributed by atoms with Crippen LogP contribution in [-0.2, 0) is 11.2 Å². The molecule has 2 aromatic rings. The molecule has 2 rings (SSSR count). The number of rotatable bonds is 4. The van der Waals surface area contributed by atoms with Gasteiger partial charge in [-0.25, -0.2) is 0 Å². The predicted molar refractivity (Wildman–Crippen MR) is 80.3 cm³/mol. The van der Waals surface area contributed by atoms with Crippen LogP contribution in [0.1, 0.15) is 21.7 Å². The third-order valence-electron chi connectivity index (χ3n) is 2.33. The molecule has 2 aromatic heterocycles. The highest BCUT2D eigenvalue weighted by Crippen LogP contribution is 2.21. The Labute approximate surface area is 126 Å². The number of carbonyl (C=O) groups excluding carboxylic acids is 2. The van der Waals surface area contributed by atoms with E-state index < -0.39 is 0 Å². The van der Waals surface area contributed by atoms with Gasteiger partial charge in [-0.3, -0.25) is 20.4 Å². The van der Waals surface area contributed by atoms with E-state index in [1.807, 2.05) is 16.8 Å². The molecule has 0 unspecified atom stereocenters. The summed E-state index contributed by atoms with van der Waals surface area (Å²) in [6.07, 6.45) is 1.03. The molecule has 2 N–H and O–H groups in total. The molecule has 0 radical (unpaired) electrons. The summed E-state index contributed by atoms with van der Waals surface area (Å²) in [5.74, 6) is -0.505. The average molecular weight is 359 g/mol. The fourth-order valence-electron chi connectivity index (χ4n) is 1.38. The van der Waals surface area contributed by atoms with Gasteiger partial charge in [0.25, 0.3) is 5.91 Å². The van der Waals surface area contributed by atoms with Crippen LogP contribution in [0.3, 0.4) is 0 Å². The zero-order chi connectivity index (χ0) is 13.7. The summed E-state index contributed by atoms with van der Waals surface area (Å²) in [4.78, 5) is 23.8. The number of nitrogens with one attached hydrogen (secondary N) is 2. The van der Waals surface area contributed by atoms with Gasteiger partial charge in [0.15, 0.2) is 0 Å². The van der Waals surface area contributed by atoms with Crippen molar-refractivity contribution >= 4 is 50.4 Å². The van der Waals surface area contributed by atoms with Gasteiger partial charge in [-0.2, -0.15) is 11.3 Å². The first-order valence-electron chi connectivity index (χ1n) is 5.51. The van der Waals surface area contributed by atoms with E-state index in [1.165, 1.54) is 11.3 Å². The third kappa shape index (κ3) is 4.45. The van der Waals surface area contributed by atoms with Crippen LogP contribution in [0.5, 0.6) is 0 Å². The molecule has 4 nitrogen and oxygen atoms in total. The predicted octanol–water partition coefficient (Wildman–Crippen LogP) is 2.97. The monoisotopic (exact) mass is 358 g/mol. The van der Waals surface area contributed by atoms with Crippen molar-refractivity contribution in [3.8, 4) is 0 Å². The number of carbonyl (C=O) groups is 2. The molecule has 0 spiro atoms. The Bertz CT molecular complexity index is 566. The van der Waals surface area contributed by atoms with E-state index in [0.717, 1.165) is 9.35 Å². The van der Waals surface area contributed by atoms with E-state index in [1.54, 1.807) is 23.5 Å². The van der Waals surface area contributed by atoms with Crippen LogP contribution < -0.4 is 10.9 Å². The Morgan fingerprint density at radius 2 is 2.05 bits per heavy atom. The fourth-order valence-corrected chi connectivity index (χ4v) is 3.36. The van der Waals surface area contributed by atoms with Gasteiger partial charge in [0.1, 0.15) is 0 Å². The summed E-state index contributed by atoms with van der Waals surface area (Å²) >= 11 is 6.20. The highest BCUT2D eigenvalue weighted by Gasteiger charge is 2.09. The van der Waals surface area contributed by atoms with Crippen LogP contribution in [0.15, 0.2) is 32.7 Å². The molecule has 7 heteroatoms. The van der Waals surface area contributed by atoms with Crippen molar-refractivity contribution in [3.05, 3.63) is 43.2 Å². The second-order valence-electron chi connectivity index (χ2n) is 3.74. The number of hydrazine groups is 1. The first-order chi connectivity index (χ1) is 9.15. The van der Waals surface area contributed by atoms with Gasteiger partial charge in [-0.15, -0.1) is 11.3 Å². The lowest BCUT2D eigenvalue weighted by molar-refractivity contribution is -0.121. The maximum absolute atomic E-state index is 11.7. The molecule has 0 saturated carbocycles. The topological polar surface area (TPSA) is 58.2 Å². The fraction of sp³-hybridized carbons (Fsp3) is 0.167. The Morgan fingerprint density at radius 1 is 1.21 bits per heavy atom. The first kappa shape index (κ1) is 14.2. The lowest BCUT2D eigenvalue weighted by atomic mass is 10.2. The Balaban J connectivity index is 1.73. The number of amides is 2. The van der Waals surface area contributed by atoms with E-state index in [-0.39, 0.29) is 11.8 Å². The number of thiophene rings is 2. The number of hydrogen-bond acceptors (Lipinski definition) is 4. The molecule has 0 saturated heterocycles. The maximum atomic E-state index is 11.7. The van der Waals surface area contributed by atoms with E-state index in [0.29, 0.717) is 17.7 Å². The van der Waals surface area contributed by atoms with Crippen molar-refractivity contribution in [1.29, 1.82) is 0 Å². The average Bonchev–Trinajstić information content (AvgIpc) is 3.04. The molecule has 0 aromatic carbocycles. The number of hydrogen-bond donors (Lipinski definition) is 2. The summed E-state index contributed by atoms with van der Waals surface area (Å²) < 4.78 is 0.876. The molecule has 0 fully saturated rings. The van der Waals surface area contributed by atoms with Crippen molar-refractivity contribution in [3.63, 3.8) is 0 Å². The Morgan fingerprint density at radius 3 is 2.68 bits per heavy atom. The molecule has 2 amide bonds. The molecule has 0 aliphatic rings. The largest absolute Gasteiger partial charge is 0.279 e. The van der Waals surface area contributed by atoms with Crippen molar-refractivity contribution in [2.45, 2.75) is 12.8 Å². The summed E-state index contributed by atoms with van der Waals surface area (Å²) in [5.41, 5.74) is 5.94. The van der Waals surface area contributed by atoms with Crippen molar-refractivity contribution in [2.75, 3.05) is 0 Å². The van der Waals surface area contributed by atoms with E-state index >= 15 is 0 Å². The van der Waals surface area contributed by atoms with Gasteiger partial charge in [0.05, 0.1) is 8.66 Å². The summed E-state index contributed by atoms with van der Waals surface area (Å²) in [6, 6.07) is 5.47. The summed E-state index contributed by atoms with van der Waals surface area (Å²) in [7, 11) is 0. The minimum absolute atomic E-state index is 0.199. The standard InChI is InChI=1S/C12H11BrN2O2S2/c13-10-3-2-9(19-10)12(17)15-14-11(16)4-1-8-5-6-18-7-8/h2-3,5-7H,1,4H2,(H,14,16)(H,15,17). The quantitative estimate of drug-likeness (QED) is 0.825. The van der Waals surface area contributed by atoms with Crippen LogP contribution in [0.2, 0.25) is 0 Å². The van der Waals surface area contributed by atoms with Crippen LogP contribution in [-0.4, -0.2) is 11.8 Å². The summed E-state index contributed by atoms with van der Waals surface area (Å²) in [5, 5.41) is 3.98. The third-order valence-corrected chi connectivity index (χ3v) is 4.69. The minimum Gasteiger partial charge on any atom is -0.273 e. The normalized spacial score (nSPS) is 10.2. The highest BCUT2D eigenvalue weighted by atomic mass is 79.9.